The number of hydrogen-bond acceptors (Lipinski definition) is 6. The first-order valence-electron chi connectivity index (χ1n) is 24.0. The Hall–Kier alpha value is -1.59. The largest absolute Gasteiger partial charge is 0.462 e. The molecule has 0 saturated carbocycles. The van der Waals surface area contributed by atoms with Crippen molar-refractivity contribution in [1.82, 2.24) is 0 Å². The summed E-state index contributed by atoms with van der Waals surface area (Å²) >= 11 is 0. The van der Waals surface area contributed by atoms with Crippen LogP contribution in [-0.4, -0.2) is 37.2 Å². The number of rotatable bonds is 44. The molecule has 6 nitrogen and oxygen atoms in total. The minimum absolute atomic E-state index is 0.0625. The van der Waals surface area contributed by atoms with Crippen LogP contribution in [0.2, 0.25) is 0 Å². The number of hydrogen-bond donors (Lipinski definition) is 0. The molecule has 0 aliphatic rings. The lowest BCUT2D eigenvalue weighted by Crippen LogP contribution is -2.30. The molecular weight excluding hydrogens is 673 g/mol. The van der Waals surface area contributed by atoms with E-state index in [1.165, 1.54) is 173 Å². The van der Waals surface area contributed by atoms with Crippen LogP contribution in [0.3, 0.4) is 0 Å². The third-order valence-corrected chi connectivity index (χ3v) is 10.9. The van der Waals surface area contributed by atoms with Gasteiger partial charge in [-0.15, -0.1) is 0 Å². The summed E-state index contributed by atoms with van der Waals surface area (Å²) in [6, 6.07) is 0. The van der Waals surface area contributed by atoms with Crippen LogP contribution >= 0.6 is 0 Å². The molecule has 320 valence electrons. The molecule has 0 spiro atoms. The Labute approximate surface area is 336 Å². The fourth-order valence-electron chi connectivity index (χ4n) is 7.21. The summed E-state index contributed by atoms with van der Waals surface area (Å²) in [5.74, 6) is -0.851. The van der Waals surface area contributed by atoms with Crippen molar-refractivity contribution >= 4 is 17.9 Å². The minimum atomic E-state index is -0.757. The Morgan fingerprint density at radius 3 is 0.741 bits per heavy atom. The summed E-state index contributed by atoms with van der Waals surface area (Å²) in [4.78, 5) is 37.7. The van der Waals surface area contributed by atoms with Crippen LogP contribution in [0, 0.1) is 0 Å². The maximum Gasteiger partial charge on any atom is 0.306 e. The SMILES string of the molecule is CCCCCCCCCCCCCCCCCCC(=O)OC[C@H](COC(=O)CCCCCCCCCCC)OC(=O)CCCCCCCCCCCCC. The van der Waals surface area contributed by atoms with Gasteiger partial charge in [0.05, 0.1) is 0 Å². The van der Waals surface area contributed by atoms with Gasteiger partial charge in [0, 0.05) is 19.3 Å². The molecule has 0 unspecified atom stereocenters. The van der Waals surface area contributed by atoms with Crippen LogP contribution in [0.4, 0.5) is 0 Å². The molecule has 54 heavy (non-hydrogen) atoms. The lowest BCUT2D eigenvalue weighted by molar-refractivity contribution is -0.167. The molecule has 0 rings (SSSR count). The second kappa shape index (κ2) is 44.1. The normalized spacial score (nSPS) is 11.8. The molecule has 0 aromatic heterocycles. The van der Waals surface area contributed by atoms with Crippen molar-refractivity contribution in [2.24, 2.45) is 0 Å². The highest BCUT2D eigenvalue weighted by Gasteiger charge is 2.19. The zero-order valence-electron chi connectivity index (χ0n) is 36.5. The standard InChI is InChI=1S/C48H92O6/c1-4-7-10-13-16-19-21-22-23-24-25-27-29-32-35-38-41-47(50)53-44-45(43-52-46(49)40-37-34-31-28-18-15-12-9-6-3)54-48(51)42-39-36-33-30-26-20-17-14-11-8-5-2/h45H,4-44H2,1-3H3/t45-/m0/s1. The van der Waals surface area contributed by atoms with Gasteiger partial charge in [0.15, 0.2) is 6.10 Å². The van der Waals surface area contributed by atoms with Gasteiger partial charge in [-0.3, -0.25) is 14.4 Å². The molecular formula is C48H92O6. The molecule has 0 radical (unpaired) electrons. The molecule has 0 bridgehead atoms. The van der Waals surface area contributed by atoms with E-state index in [-0.39, 0.29) is 31.1 Å². The van der Waals surface area contributed by atoms with Crippen molar-refractivity contribution in [3.05, 3.63) is 0 Å². The molecule has 0 saturated heterocycles. The maximum absolute atomic E-state index is 12.7. The summed E-state index contributed by atoms with van der Waals surface area (Å²) in [7, 11) is 0. The van der Waals surface area contributed by atoms with E-state index in [1.807, 2.05) is 0 Å². The monoisotopic (exact) mass is 765 g/mol. The summed E-state index contributed by atoms with van der Waals surface area (Å²) in [6.45, 7) is 6.64. The average molecular weight is 765 g/mol. The van der Waals surface area contributed by atoms with Gasteiger partial charge >= 0.3 is 17.9 Å². The Morgan fingerprint density at radius 2 is 0.500 bits per heavy atom. The highest BCUT2D eigenvalue weighted by molar-refractivity contribution is 5.71. The quantitative estimate of drug-likeness (QED) is 0.0349. The molecule has 0 fully saturated rings. The molecule has 0 amide bonds. The van der Waals surface area contributed by atoms with Crippen LogP contribution in [-0.2, 0) is 28.6 Å². The fraction of sp³-hybridized carbons (Fsp3) is 0.938. The Kier molecular flexibility index (Phi) is 42.8. The van der Waals surface area contributed by atoms with Gasteiger partial charge in [-0.25, -0.2) is 0 Å². The van der Waals surface area contributed by atoms with E-state index in [0.29, 0.717) is 19.3 Å². The molecule has 0 N–H and O–H groups in total. The van der Waals surface area contributed by atoms with Crippen LogP contribution < -0.4 is 0 Å². The van der Waals surface area contributed by atoms with Crippen molar-refractivity contribution in [2.75, 3.05) is 13.2 Å². The van der Waals surface area contributed by atoms with E-state index in [9.17, 15) is 14.4 Å². The Morgan fingerprint density at radius 1 is 0.296 bits per heavy atom. The van der Waals surface area contributed by atoms with Crippen molar-refractivity contribution in [3.8, 4) is 0 Å². The first-order chi connectivity index (χ1) is 26.5. The molecule has 6 heteroatoms. The maximum atomic E-state index is 12.7. The lowest BCUT2D eigenvalue weighted by Gasteiger charge is -2.18. The Balaban J connectivity index is 4.25. The van der Waals surface area contributed by atoms with Gasteiger partial charge in [-0.2, -0.15) is 0 Å². The van der Waals surface area contributed by atoms with Gasteiger partial charge in [0.1, 0.15) is 13.2 Å². The van der Waals surface area contributed by atoms with E-state index < -0.39 is 6.10 Å². The zero-order chi connectivity index (χ0) is 39.4. The smallest absolute Gasteiger partial charge is 0.306 e. The first-order valence-corrected chi connectivity index (χ1v) is 24.0. The minimum Gasteiger partial charge on any atom is -0.462 e. The second-order valence-electron chi connectivity index (χ2n) is 16.4. The summed E-state index contributed by atoms with van der Waals surface area (Å²) in [6.07, 6.45) is 45.1. The predicted molar refractivity (Wildman–Crippen MR) is 229 cm³/mol. The second-order valence-corrected chi connectivity index (χ2v) is 16.4. The molecule has 0 aliphatic carbocycles. The third-order valence-electron chi connectivity index (χ3n) is 10.9. The average Bonchev–Trinajstić information content (AvgIpc) is 3.17. The molecule has 0 aromatic rings. The van der Waals surface area contributed by atoms with Gasteiger partial charge in [0.25, 0.3) is 0 Å². The third kappa shape index (κ3) is 41.6. The first kappa shape index (κ1) is 52.4. The van der Waals surface area contributed by atoms with E-state index in [0.717, 1.165) is 57.8 Å². The topological polar surface area (TPSA) is 78.9 Å². The zero-order valence-corrected chi connectivity index (χ0v) is 36.5. The highest BCUT2D eigenvalue weighted by atomic mass is 16.6. The number of esters is 3. The van der Waals surface area contributed by atoms with Crippen molar-refractivity contribution in [2.45, 2.75) is 277 Å². The highest BCUT2D eigenvalue weighted by Crippen LogP contribution is 2.16. The van der Waals surface area contributed by atoms with Crippen molar-refractivity contribution < 1.29 is 28.6 Å². The van der Waals surface area contributed by atoms with Crippen molar-refractivity contribution in [1.29, 1.82) is 0 Å². The Bertz CT molecular complexity index is 798. The van der Waals surface area contributed by atoms with E-state index in [4.69, 9.17) is 14.2 Å². The molecule has 1 atom stereocenters. The fourth-order valence-corrected chi connectivity index (χ4v) is 7.21. The van der Waals surface area contributed by atoms with E-state index in [2.05, 4.69) is 20.8 Å². The van der Waals surface area contributed by atoms with Crippen LogP contribution in [0.1, 0.15) is 271 Å². The number of unbranched alkanes of at least 4 members (excludes halogenated alkanes) is 33. The van der Waals surface area contributed by atoms with Crippen LogP contribution in [0.25, 0.3) is 0 Å². The van der Waals surface area contributed by atoms with Gasteiger partial charge in [-0.1, -0.05) is 233 Å². The molecule has 0 aromatic carbocycles. The van der Waals surface area contributed by atoms with Gasteiger partial charge in [-0.05, 0) is 19.3 Å². The lowest BCUT2D eigenvalue weighted by atomic mass is 10.0. The van der Waals surface area contributed by atoms with Gasteiger partial charge in [0.2, 0.25) is 0 Å². The van der Waals surface area contributed by atoms with Crippen LogP contribution in [0.5, 0.6) is 0 Å². The van der Waals surface area contributed by atoms with E-state index in [1.54, 1.807) is 0 Å². The van der Waals surface area contributed by atoms with E-state index >= 15 is 0 Å². The van der Waals surface area contributed by atoms with Crippen LogP contribution in [0.15, 0.2) is 0 Å². The van der Waals surface area contributed by atoms with Gasteiger partial charge < -0.3 is 14.2 Å². The molecule has 0 heterocycles. The van der Waals surface area contributed by atoms with Crippen molar-refractivity contribution in [3.63, 3.8) is 0 Å². The number of carbonyl (C=O) groups excluding carboxylic acids is 3. The number of ether oxygens (including phenoxy) is 3. The summed E-state index contributed by atoms with van der Waals surface area (Å²) < 4.78 is 16.7. The summed E-state index contributed by atoms with van der Waals surface area (Å²) in [5, 5.41) is 0. The number of carbonyl (C=O) groups is 3. The molecule has 0 aliphatic heterocycles. The predicted octanol–water partition coefficient (Wildman–Crippen LogP) is 15.3. The summed E-state index contributed by atoms with van der Waals surface area (Å²) in [5.41, 5.74) is 0.